The van der Waals surface area contributed by atoms with Crippen LogP contribution < -0.4 is 24.3 Å². The zero-order chi connectivity index (χ0) is 25.9. The highest BCUT2D eigenvalue weighted by atomic mass is 16.7. The number of furan rings is 1. The van der Waals surface area contributed by atoms with Crippen LogP contribution in [0.2, 0.25) is 0 Å². The van der Waals surface area contributed by atoms with Gasteiger partial charge in [-0.1, -0.05) is 37.5 Å². The minimum Gasteiger partial charge on any atom is -0.485 e. The van der Waals surface area contributed by atoms with Crippen LogP contribution in [0.15, 0.2) is 65.3 Å². The molecular formula is C29H30N2O7. The molecule has 2 aromatic carbocycles. The molecule has 3 aliphatic rings. The van der Waals surface area contributed by atoms with E-state index in [2.05, 4.69) is 5.32 Å². The molecule has 198 valence electrons. The third-order valence-corrected chi connectivity index (χ3v) is 7.18. The predicted octanol–water partition coefficient (Wildman–Crippen LogP) is 4.37. The number of fused-ring (bicyclic) bond motifs is 2. The highest BCUT2D eigenvalue weighted by Crippen LogP contribution is 2.36. The van der Waals surface area contributed by atoms with E-state index in [9.17, 15) is 9.59 Å². The lowest BCUT2D eigenvalue weighted by atomic mass is 9.95. The summed E-state index contributed by atoms with van der Waals surface area (Å²) < 4.78 is 28.6. The number of rotatable bonds is 7. The lowest BCUT2D eigenvalue weighted by Gasteiger charge is -2.35. The van der Waals surface area contributed by atoms with Gasteiger partial charge < -0.3 is 33.6 Å². The van der Waals surface area contributed by atoms with Crippen LogP contribution in [-0.2, 0) is 16.1 Å². The maximum atomic E-state index is 14.1. The molecule has 2 atom stereocenters. The molecular weight excluding hydrogens is 488 g/mol. The van der Waals surface area contributed by atoms with E-state index < -0.39 is 12.1 Å². The number of amides is 2. The number of benzene rings is 2. The van der Waals surface area contributed by atoms with Crippen molar-refractivity contribution in [2.24, 2.45) is 0 Å². The molecule has 9 heteroatoms. The van der Waals surface area contributed by atoms with Crippen molar-refractivity contribution in [2.75, 3.05) is 13.4 Å². The van der Waals surface area contributed by atoms with Crippen molar-refractivity contribution in [2.45, 2.75) is 56.8 Å². The van der Waals surface area contributed by atoms with Gasteiger partial charge in [-0.15, -0.1) is 0 Å². The molecule has 1 fully saturated rings. The van der Waals surface area contributed by atoms with E-state index in [-0.39, 0.29) is 37.8 Å². The molecule has 0 unspecified atom stereocenters. The van der Waals surface area contributed by atoms with Crippen LogP contribution in [-0.4, -0.2) is 42.3 Å². The van der Waals surface area contributed by atoms with E-state index in [0.717, 1.165) is 31.2 Å². The molecule has 0 bridgehead atoms. The summed E-state index contributed by atoms with van der Waals surface area (Å²) in [5, 5.41) is 3.18. The fraction of sp³-hybridized carbons (Fsp3) is 0.379. The van der Waals surface area contributed by atoms with Crippen LogP contribution in [0.5, 0.6) is 23.0 Å². The minimum absolute atomic E-state index is 0.0304. The summed E-state index contributed by atoms with van der Waals surface area (Å²) >= 11 is 0. The van der Waals surface area contributed by atoms with Gasteiger partial charge in [0.25, 0.3) is 11.8 Å². The lowest BCUT2D eigenvalue weighted by Crippen LogP contribution is -2.52. The first kappa shape index (κ1) is 24.2. The summed E-state index contributed by atoms with van der Waals surface area (Å²) in [6, 6.07) is 15.2. The number of carbonyl (C=O) groups is 2. The van der Waals surface area contributed by atoms with E-state index in [1.807, 2.05) is 24.3 Å². The summed E-state index contributed by atoms with van der Waals surface area (Å²) in [6.07, 6.45) is 5.73. The molecule has 1 aliphatic carbocycles. The SMILES string of the molecule is O=C(NC1CCCCC1)[C@H](c1ccco1)N(Cc1ccc2c(c1)OCO2)C(=O)[C@@H]1COc2ccccc2O1. The molecule has 1 aromatic heterocycles. The Hall–Kier alpha value is -4.14. The second kappa shape index (κ2) is 10.7. The summed E-state index contributed by atoms with van der Waals surface area (Å²) in [6.45, 7) is 0.302. The molecule has 3 heterocycles. The zero-order valence-electron chi connectivity index (χ0n) is 21.0. The Bertz CT molecular complexity index is 1290. The number of ether oxygens (including phenoxy) is 4. The van der Waals surface area contributed by atoms with Crippen molar-refractivity contribution < 1.29 is 33.0 Å². The van der Waals surface area contributed by atoms with Crippen molar-refractivity contribution >= 4 is 11.8 Å². The Labute approximate surface area is 220 Å². The van der Waals surface area contributed by atoms with Gasteiger partial charge in [-0.25, -0.2) is 0 Å². The molecule has 3 aromatic rings. The van der Waals surface area contributed by atoms with Gasteiger partial charge in [0.15, 0.2) is 29.0 Å². The van der Waals surface area contributed by atoms with E-state index in [1.165, 1.54) is 17.6 Å². The first-order valence-corrected chi connectivity index (χ1v) is 13.1. The molecule has 2 aliphatic heterocycles. The van der Waals surface area contributed by atoms with Crippen molar-refractivity contribution in [1.82, 2.24) is 10.2 Å². The number of hydrogen-bond donors (Lipinski definition) is 1. The first-order chi connectivity index (χ1) is 18.7. The second-order valence-corrected chi connectivity index (χ2v) is 9.78. The summed E-state index contributed by atoms with van der Waals surface area (Å²) in [4.78, 5) is 29.5. The van der Waals surface area contributed by atoms with Gasteiger partial charge in [0.1, 0.15) is 12.4 Å². The Balaban J connectivity index is 1.33. The smallest absolute Gasteiger partial charge is 0.268 e. The van der Waals surface area contributed by atoms with Crippen LogP contribution in [0.3, 0.4) is 0 Å². The lowest BCUT2D eigenvalue weighted by molar-refractivity contribution is -0.150. The molecule has 1 N–H and O–H groups in total. The minimum atomic E-state index is -0.995. The molecule has 2 amide bonds. The summed E-state index contributed by atoms with van der Waals surface area (Å²) in [5.41, 5.74) is 0.779. The normalized spacial score (nSPS) is 19.0. The van der Waals surface area contributed by atoms with Gasteiger partial charge in [-0.05, 0) is 54.8 Å². The number of nitrogens with zero attached hydrogens (tertiary/aromatic N) is 1. The van der Waals surface area contributed by atoms with Gasteiger partial charge in [0.2, 0.25) is 12.9 Å². The average molecular weight is 519 g/mol. The molecule has 0 saturated heterocycles. The van der Waals surface area contributed by atoms with E-state index in [0.29, 0.717) is 28.8 Å². The highest BCUT2D eigenvalue weighted by molar-refractivity contribution is 5.90. The van der Waals surface area contributed by atoms with Crippen LogP contribution in [0.1, 0.15) is 49.5 Å². The van der Waals surface area contributed by atoms with Gasteiger partial charge in [-0.3, -0.25) is 9.59 Å². The van der Waals surface area contributed by atoms with Gasteiger partial charge in [0, 0.05) is 12.6 Å². The molecule has 0 radical (unpaired) electrons. The van der Waals surface area contributed by atoms with Gasteiger partial charge in [0.05, 0.1) is 6.26 Å². The first-order valence-electron chi connectivity index (χ1n) is 13.1. The standard InChI is InChI=1S/C29H30N2O7/c32-28(30-20-7-2-1-3-8-20)27(24-11-6-14-34-24)31(16-19-12-13-22-25(15-19)37-18-36-22)29(33)26-17-35-21-9-4-5-10-23(21)38-26/h4-6,9-15,20,26-27H,1-3,7-8,16-18H2,(H,30,32)/t26-,27-/m0/s1. The Kier molecular flexibility index (Phi) is 6.81. The summed E-state index contributed by atoms with van der Waals surface area (Å²) in [5.74, 6) is 2.03. The van der Waals surface area contributed by atoms with E-state index in [4.69, 9.17) is 23.4 Å². The van der Waals surface area contributed by atoms with Crippen LogP contribution in [0.25, 0.3) is 0 Å². The fourth-order valence-corrected chi connectivity index (χ4v) is 5.26. The molecule has 6 rings (SSSR count). The zero-order valence-corrected chi connectivity index (χ0v) is 21.0. The van der Waals surface area contributed by atoms with E-state index in [1.54, 1.807) is 30.3 Å². The molecule has 1 saturated carbocycles. The molecule has 38 heavy (non-hydrogen) atoms. The molecule has 0 spiro atoms. The Morgan fingerprint density at radius 1 is 0.895 bits per heavy atom. The van der Waals surface area contributed by atoms with Crippen LogP contribution in [0.4, 0.5) is 0 Å². The number of para-hydroxylation sites is 2. The van der Waals surface area contributed by atoms with Crippen molar-refractivity contribution in [3.05, 3.63) is 72.2 Å². The van der Waals surface area contributed by atoms with E-state index >= 15 is 0 Å². The number of carbonyl (C=O) groups excluding carboxylic acids is 2. The van der Waals surface area contributed by atoms with Crippen molar-refractivity contribution in [1.29, 1.82) is 0 Å². The van der Waals surface area contributed by atoms with Crippen LogP contribution >= 0.6 is 0 Å². The van der Waals surface area contributed by atoms with Crippen LogP contribution in [0, 0.1) is 0 Å². The summed E-state index contributed by atoms with van der Waals surface area (Å²) in [7, 11) is 0. The van der Waals surface area contributed by atoms with Gasteiger partial charge >= 0.3 is 0 Å². The van der Waals surface area contributed by atoms with Crippen molar-refractivity contribution in [3.8, 4) is 23.0 Å². The predicted molar refractivity (Wildman–Crippen MR) is 136 cm³/mol. The van der Waals surface area contributed by atoms with Crippen molar-refractivity contribution in [3.63, 3.8) is 0 Å². The van der Waals surface area contributed by atoms with Gasteiger partial charge in [-0.2, -0.15) is 0 Å². The maximum Gasteiger partial charge on any atom is 0.268 e. The number of hydrogen-bond acceptors (Lipinski definition) is 7. The third-order valence-electron chi connectivity index (χ3n) is 7.18. The average Bonchev–Trinajstić information content (AvgIpc) is 3.65. The quantitative estimate of drug-likeness (QED) is 0.496. The monoisotopic (exact) mass is 518 g/mol. The Morgan fingerprint density at radius 3 is 2.50 bits per heavy atom. The third kappa shape index (κ3) is 5.01. The highest BCUT2D eigenvalue weighted by Gasteiger charge is 2.40. The number of nitrogens with one attached hydrogen (secondary N) is 1. The maximum absolute atomic E-state index is 14.1. The largest absolute Gasteiger partial charge is 0.485 e. The molecule has 9 nitrogen and oxygen atoms in total. The Morgan fingerprint density at radius 2 is 1.68 bits per heavy atom. The fourth-order valence-electron chi connectivity index (χ4n) is 5.26. The topological polar surface area (TPSA) is 99.5 Å². The second-order valence-electron chi connectivity index (χ2n) is 9.78.